The average Bonchev–Trinajstić information content (AvgIpc) is 2.77. The number of aromatic nitrogens is 1. The SMILES string of the molecule is Cc1nc(CSCCC(=O)NCC(O)CO)cs1. The molecular weight excluding hydrogens is 272 g/mol. The number of aryl methyl sites for hydroxylation is 1. The molecule has 0 saturated carbocycles. The number of aliphatic hydroxyl groups excluding tert-OH is 2. The number of hydrogen-bond donors (Lipinski definition) is 3. The van der Waals surface area contributed by atoms with Gasteiger partial charge in [-0.25, -0.2) is 4.98 Å². The van der Waals surface area contributed by atoms with Crippen molar-refractivity contribution in [1.82, 2.24) is 10.3 Å². The lowest BCUT2D eigenvalue weighted by Gasteiger charge is -2.08. The number of carbonyl (C=O) groups is 1. The first kappa shape index (κ1) is 15.4. The molecule has 5 nitrogen and oxygen atoms in total. The first-order valence-electron chi connectivity index (χ1n) is 5.66. The van der Waals surface area contributed by atoms with E-state index in [1.807, 2.05) is 12.3 Å². The van der Waals surface area contributed by atoms with Gasteiger partial charge in [0.05, 0.1) is 23.4 Å². The highest BCUT2D eigenvalue weighted by atomic mass is 32.2. The van der Waals surface area contributed by atoms with Crippen molar-refractivity contribution in [3.05, 3.63) is 16.1 Å². The smallest absolute Gasteiger partial charge is 0.220 e. The van der Waals surface area contributed by atoms with Gasteiger partial charge in [-0.2, -0.15) is 11.8 Å². The van der Waals surface area contributed by atoms with Gasteiger partial charge in [0.1, 0.15) is 0 Å². The van der Waals surface area contributed by atoms with E-state index < -0.39 is 6.10 Å². The van der Waals surface area contributed by atoms with Crippen LogP contribution in [0, 0.1) is 6.92 Å². The summed E-state index contributed by atoms with van der Waals surface area (Å²) < 4.78 is 0. The number of thioether (sulfide) groups is 1. The molecule has 1 unspecified atom stereocenters. The van der Waals surface area contributed by atoms with Crippen LogP contribution in [0.25, 0.3) is 0 Å². The molecule has 1 rings (SSSR count). The third-order valence-corrected chi connectivity index (χ3v) is 3.95. The van der Waals surface area contributed by atoms with E-state index in [-0.39, 0.29) is 19.1 Å². The van der Waals surface area contributed by atoms with Crippen LogP contribution < -0.4 is 5.32 Å². The summed E-state index contributed by atoms with van der Waals surface area (Å²) in [6.45, 7) is 1.74. The number of amides is 1. The van der Waals surface area contributed by atoms with Crippen LogP contribution in [0.3, 0.4) is 0 Å². The third-order valence-electron chi connectivity index (χ3n) is 2.14. The van der Waals surface area contributed by atoms with E-state index in [2.05, 4.69) is 10.3 Å². The normalized spacial score (nSPS) is 12.4. The van der Waals surface area contributed by atoms with Crippen LogP contribution in [-0.2, 0) is 10.5 Å². The molecule has 102 valence electrons. The van der Waals surface area contributed by atoms with E-state index in [9.17, 15) is 4.79 Å². The number of carbonyl (C=O) groups excluding carboxylic acids is 1. The lowest BCUT2D eigenvalue weighted by molar-refractivity contribution is -0.121. The minimum absolute atomic E-state index is 0.102. The standard InChI is InChI=1S/C11H18N2O3S2/c1-8-13-9(7-18-8)6-17-3-2-11(16)12-4-10(15)5-14/h7,10,14-15H,2-6H2,1H3,(H,12,16). The summed E-state index contributed by atoms with van der Waals surface area (Å²) >= 11 is 3.29. The zero-order valence-electron chi connectivity index (χ0n) is 10.3. The minimum Gasteiger partial charge on any atom is -0.394 e. The first-order chi connectivity index (χ1) is 8.61. The van der Waals surface area contributed by atoms with Gasteiger partial charge in [0.2, 0.25) is 5.91 Å². The summed E-state index contributed by atoms with van der Waals surface area (Å²) in [5, 5.41) is 23.3. The average molecular weight is 290 g/mol. The van der Waals surface area contributed by atoms with Crippen molar-refractivity contribution in [2.24, 2.45) is 0 Å². The second-order valence-electron chi connectivity index (χ2n) is 3.80. The molecule has 0 aromatic carbocycles. The molecule has 0 aliphatic carbocycles. The summed E-state index contributed by atoms with van der Waals surface area (Å²) in [6, 6.07) is 0. The number of thiazole rings is 1. The van der Waals surface area contributed by atoms with Gasteiger partial charge in [0, 0.05) is 29.9 Å². The van der Waals surface area contributed by atoms with E-state index in [0.717, 1.165) is 22.2 Å². The molecule has 1 amide bonds. The molecule has 0 aliphatic rings. The maximum absolute atomic E-state index is 11.3. The predicted molar refractivity (Wildman–Crippen MR) is 73.7 cm³/mol. The highest BCUT2D eigenvalue weighted by molar-refractivity contribution is 7.98. The Balaban J connectivity index is 2.05. The summed E-state index contributed by atoms with van der Waals surface area (Å²) in [7, 11) is 0. The number of nitrogens with zero attached hydrogens (tertiary/aromatic N) is 1. The Morgan fingerprint density at radius 3 is 3.06 bits per heavy atom. The first-order valence-corrected chi connectivity index (χ1v) is 7.69. The Kier molecular flexibility index (Phi) is 7.26. The van der Waals surface area contributed by atoms with Crippen molar-refractivity contribution < 1.29 is 15.0 Å². The van der Waals surface area contributed by atoms with Crippen LogP contribution in [-0.4, -0.2) is 46.1 Å². The van der Waals surface area contributed by atoms with Gasteiger partial charge in [-0.05, 0) is 6.92 Å². The predicted octanol–water partition coefficient (Wildman–Crippen LogP) is 0.544. The van der Waals surface area contributed by atoms with E-state index in [0.29, 0.717) is 6.42 Å². The van der Waals surface area contributed by atoms with E-state index in [4.69, 9.17) is 10.2 Å². The molecule has 1 aromatic rings. The fourth-order valence-electron chi connectivity index (χ4n) is 1.20. The summed E-state index contributed by atoms with van der Waals surface area (Å²) in [5.41, 5.74) is 1.05. The van der Waals surface area contributed by atoms with Crippen LogP contribution in [0.2, 0.25) is 0 Å². The van der Waals surface area contributed by atoms with Crippen LogP contribution in [0.1, 0.15) is 17.1 Å². The summed E-state index contributed by atoms with van der Waals surface area (Å²) in [5.74, 6) is 1.43. The summed E-state index contributed by atoms with van der Waals surface area (Å²) in [6.07, 6.45) is -0.467. The van der Waals surface area contributed by atoms with Gasteiger partial charge in [-0.3, -0.25) is 4.79 Å². The molecule has 18 heavy (non-hydrogen) atoms. The molecule has 1 aromatic heterocycles. The highest BCUT2D eigenvalue weighted by Crippen LogP contribution is 2.15. The number of nitrogens with one attached hydrogen (secondary N) is 1. The fraction of sp³-hybridized carbons (Fsp3) is 0.636. The van der Waals surface area contributed by atoms with E-state index in [1.54, 1.807) is 23.1 Å². The zero-order chi connectivity index (χ0) is 13.4. The maximum Gasteiger partial charge on any atom is 0.220 e. The Morgan fingerprint density at radius 1 is 1.67 bits per heavy atom. The third kappa shape index (κ3) is 6.34. The molecule has 0 fully saturated rings. The molecule has 7 heteroatoms. The molecule has 1 atom stereocenters. The van der Waals surface area contributed by atoms with Crippen LogP contribution in [0.15, 0.2) is 5.38 Å². The largest absolute Gasteiger partial charge is 0.394 e. The number of aliphatic hydroxyl groups is 2. The van der Waals surface area contributed by atoms with Gasteiger partial charge >= 0.3 is 0 Å². The van der Waals surface area contributed by atoms with Crippen LogP contribution in [0.4, 0.5) is 0 Å². The van der Waals surface area contributed by atoms with Crippen molar-refractivity contribution in [2.45, 2.75) is 25.2 Å². The Bertz CT molecular complexity index is 371. The van der Waals surface area contributed by atoms with Crippen molar-refractivity contribution in [3.63, 3.8) is 0 Å². The van der Waals surface area contributed by atoms with Crippen molar-refractivity contribution >= 4 is 29.0 Å². The Hall–Kier alpha value is -0.630. The van der Waals surface area contributed by atoms with Gasteiger partial charge in [-0.1, -0.05) is 0 Å². The zero-order valence-corrected chi connectivity index (χ0v) is 11.9. The Labute approximate surface area is 115 Å². The molecule has 0 aliphatic heterocycles. The van der Waals surface area contributed by atoms with Crippen molar-refractivity contribution in [2.75, 3.05) is 18.9 Å². The molecule has 1 heterocycles. The molecule has 0 radical (unpaired) electrons. The van der Waals surface area contributed by atoms with Crippen molar-refractivity contribution in [1.29, 1.82) is 0 Å². The highest BCUT2D eigenvalue weighted by Gasteiger charge is 2.06. The molecule has 0 spiro atoms. The quantitative estimate of drug-likeness (QED) is 0.609. The second kappa shape index (κ2) is 8.47. The molecule has 0 saturated heterocycles. The topological polar surface area (TPSA) is 82.5 Å². The molecular formula is C11H18N2O3S2. The lowest BCUT2D eigenvalue weighted by Crippen LogP contribution is -2.33. The van der Waals surface area contributed by atoms with Gasteiger partial charge in [0.15, 0.2) is 0 Å². The fourth-order valence-corrected chi connectivity index (χ4v) is 2.75. The number of rotatable bonds is 8. The summed E-state index contributed by atoms with van der Waals surface area (Å²) in [4.78, 5) is 15.7. The minimum atomic E-state index is -0.875. The lowest BCUT2D eigenvalue weighted by atomic mass is 10.3. The number of hydrogen-bond acceptors (Lipinski definition) is 6. The van der Waals surface area contributed by atoms with Crippen LogP contribution >= 0.6 is 23.1 Å². The monoisotopic (exact) mass is 290 g/mol. The van der Waals surface area contributed by atoms with Crippen molar-refractivity contribution in [3.8, 4) is 0 Å². The van der Waals surface area contributed by atoms with Gasteiger partial charge in [0.25, 0.3) is 0 Å². The Morgan fingerprint density at radius 2 is 2.44 bits per heavy atom. The van der Waals surface area contributed by atoms with Crippen LogP contribution in [0.5, 0.6) is 0 Å². The van der Waals surface area contributed by atoms with Gasteiger partial charge < -0.3 is 15.5 Å². The van der Waals surface area contributed by atoms with E-state index >= 15 is 0 Å². The van der Waals surface area contributed by atoms with E-state index in [1.165, 1.54) is 0 Å². The second-order valence-corrected chi connectivity index (χ2v) is 5.97. The molecule has 3 N–H and O–H groups in total. The van der Waals surface area contributed by atoms with Gasteiger partial charge in [-0.15, -0.1) is 11.3 Å². The molecule has 0 bridgehead atoms. The maximum atomic E-state index is 11.3.